The second kappa shape index (κ2) is 11.3. The molecule has 1 atom stereocenters. The molecule has 1 fully saturated rings. The third-order valence-corrected chi connectivity index (χ3v) is 7.50. The molecule has 1 unspecified atom stereocenters. The number of hydrogen-bond donors (Lipinski definition) is 1. The third-order valence-electron chi connectivity index (χ3n) is 7.50. The fourth-order valence-corrected chi connectivity index (χ4v) is 5.57. The highest BCUT2D eigenvalue weighted by atomic mass is 35.5. The molecule has 0 spiro atoms. The molecule has 38 heavy (non-hydrogen) atoms. The number of hydrogen-bond acceptors (Lipinski definition) is 4. The van der Waals surface area contributed by atoms with Crippen molar-refractivity contribution in [1.29, 1.82) is 0 Å². The zero-order valence-electron chi connectivity index (χ0n) is 21.0. The first-order chi connectivity index (χ1) is 18.1. The summed E-state index contributed by atoms with van der Waals surface area (Å²) >= 11 is 0. The van der Waals surface area contributed by atoms with E-state index in [-0.39, 0.29) is 30.3 Å². The quantitative estimate of drug-likeness (QED) is 0.288. The zero-order valence-corrected chi connectivity index (χ0v) is 21.8. The van der Waals surface area contributed by atoms with E-state index in [0.717, 1.165) is 58.9 Å². The van der Waals surface area contributed by atoms with Crippen LogP contribution in [0.15, 0.2) is 66.7 Å². The molecule has 198 valence electrons. The van der Waals surface area contributed by atoms with Gasteiger partial charge >= 0.3 is 0 Å². The van der Waals surface area contributed by atoms with Gasteiger partial charge in [0.05, 0.1) is 6.61 Å². The van der Waals surface area contributed by atoms with Crippen molar-refractivity contribution in [3.63, 3.8) is 0 Å². The Morgan fingerprint density at radius 3 is 2.45 bits per heavy atom. The number of phenols is 1. The van der Waals surface area contributed by atoms with Gasteiger partial charge in [-0.3, -0.25) is 4.90 Å². The Morgan fingerprint density at radius 1 is 0.895 bits per heavy atom. The maximum absolute atomic E-state index is 14.9. The number of likely N-dealkylation sites (tertiary alicyclic amines) is 1. The average molecular weight is 538 g/mol. The number of phenolic OH excluding ortho intramolecular Hbond substituents is 1. The highest BCUT2D eigenvalue weighted by molar-refractivity contribution is 5.94. The van der Waals surface area contributed by atoms with Crippen LogP contribution in [0.4, 0.5) is 8.78 Å². The highest BCUT2D eigenvalue weighted by Gasteiger charge is 2.29. The predicted molar refractivity (Wildman–Crippen MR) is 147 cm³/mol. The van der Waals surface area contributed by atoms with Crippen LogP contribution < -0.4 is 4.74 Å². The first kappa shape index (κ1) is 26.4. The number of halogens is 3. The second-order valence-corrected chi connectivity index (χ2v) is 9.83. The molecule has 1 saturated heterocycles. The molecule has 6 rings (SSSR count). The zero-order chi connectivity index (χ0) is 25.4. The van der Waals surface area contributed by atoms with Crippen LogP contribution in [0.25, 0.3) is 21.9 Å². The summed E-state index contributed by atoms with van der Waals surface area (Å²) in [5.74, 6) is -0.821. The van der Waals surface area contributed by atoms with Crippen LogP contribution in [-0.4, -0.2) is 36.2 Å². The van der Waals surface area contributed by atoms with Crippen LogP contribution in [0.2, 0.25) is 0 Å². The summed E-state index contributed by atoms with van der Waals surface area (Å²) in [7, 11) is 0. The number of piperidine rings is 1. The molecule has 0 amide bonds. The molecule has 4 aromatic rings. The van der Waals surface area contributed by atoms with Gasteiger partial charge in [0.1, 0.15) is 24.2 Å². The van der Waals surface area contributed by atoms with Crippen LogP contribution in [0.3, 0.4) is 0 Å². The fraction of sp³-hybridized carbons (Fsp3) is 0.290. The monoisotopic (exact) mass is 537 g/mol. The van der Waals surface area contributed by atoms with Crippen molar-refractivity contribution in [1.82, 2.24) is 4.90 Å². The van der Waals surface area contributed by atoms with Crippen molar-refractivity contribution < 1.29 is 23.4 Å². The van der Waals surface area contributed by atoms with Crippen LogP contribution in [0, 0.1) is 11.6 Å². The lowest BCUT2D eigenvalue weighted by Gasteiger charge is -2.26. The third kappa shape index (κ3) is 5.08. The molecule has 0 aromatic heterocycles. The summed E-state index contributed by atoms with van der Waals surface area (Å²) in [5, 5.41) is 11.8. The standard InChI is InChI=1S/C31H29F2NO3.ClH/c32-28-13-12-25-26-10-6-21-18-22(35)7-11-24(21)29(26)31(37-19-27(25)30(28)33)20-4-8-23(9-5-20)36-17-16-34-14-2-1-3-15-34;/h4-13,18,31,35H,1-3,14-17,19H2;1H. The van der Waals surface area contributed by atoms with E-state index in [2.05, 4.69) is 4.90 Å². The van der Waals surface area contributed by atoms with Gasteiger partial charge in [-0.25, -0.2) is 8.78 Å². The molecule has 4 aromatic carbocycles. The lowest BCUT2D eigenvalue weighted by Crippen LogP contribution is -2.33. The minimum absolute atomic E-state index is 0. The maximum atomic E-state index is 14.9. The normalized spacial score (nSPS) is 17.3. The van der Waals surface area contributed by atoms with E-state index < -0.39 is 17.7 Å². The lowest BCUT2D eigenvalue weighted by atomic mass is 9.87. The van der Waals surface area contributed by atoms with E-state index in [1.54, 1.807) is 18.2 Å². The largest absolute Gasteiger partial charge is 0.508 e. The first-order valence-corrected chi connectivity index (χ1v) is 12.9. The van der Waals surface area contributed by atoms with E-state index in [4.69, 9.17) is 9.47 Å². The number of nitrogens with zero attached hydrogens (tertiary/aromatic N) is 1. The molecule has 4 nitrogen and oxygen atoms in total. The summed E-state index contributed by atoms with van der Waals surface area (Å²) in [4.78, 5) is 2.44. The highest BCUT2D eigenvalue weighted by Crippen LogP contribution is 2.45. The SMILES string of the molecule is Cl.Oc1ccc2c3c(ccc2c1)-c1ccc(F)c(F)c1COC3c1ccc(OCCN2CCCCC2)cc1. The Hall–Kier alpha value is -3.19. The van der Waals surface area contributed by atoms with Crippen molar-refractivity contribution in [2.75, 3.05) is 26.2 Å². The number of rotatable bonds is 5. The molecule has 2 heterocycles. The number of aromatic hydroxyl groups is 1. The van der Waals surface area contributed by atoms with Gasteiger partial charge in [0.15, 0.2) is 11.6 Å². The van der Waals surface area contributed by atoms with Gasteiger partial charge in [0, 0.05) is 17.7 Å². The first-order valence-electron chi connectivity index (χ1n) is 12.9. The minimum atomic E-state index is -0.890. The second-order valence-electron chi connectivity index (χ2n) is 9.83. The molecule has 2 aliphatic rings. The molecule has 0 radical (unpaired) electrons. The summed E-state index contributed by atoms with van der Waals surface area (Å²) in [6.45, 7) is 3.76. The van der Waals surface area contributed by atoms with Crippen LogP contribution in [0.1, 0.15) is 42.1 Å². The maximum Gasteiger partial charge on any atom is 0.164 e. The molecular weight excluding hydrogens is 508 g/mol. The average Bonchev–Trinajstić information content (AvgIpc) is 3.09. The number of ether oxygens (including phenoxy) is 2. The topological polar surface area (TPSA) is 41.9 Å². The van der Waals surface area contributed by atoms with Crippen molar-refractivity contribution in [3.05, 3.63) is 95.1 Å². The van der Waals surface area contributed by atoms with E-state index in [1.165, 1.54) is 19.3 Å². The Morgan fingerprint density at radius 2 is 1.66 bits per heavy atom. The predicted octanol–water partition coefficient (Wildman–Crippen LogP) is 7.40. The van der Waals surface area contributed by atoms with E-state index >= 15 is 0 Å². The van der Waals surface area contributed by atoms with Gasteiger partial charge in [-0.1, -0.05) is 42.8 Å². The van der Waals surface area contributed by atoms with Crippen molar-refractivity contribution in [3.8, 4) is 22.6 Å². The van der Waals surface area contributed by atoms with E-state index in [1.807, 2.05) is 42.5 Å². The molecule has 0 aliphatic carbocycles. The van der Waals surface area contributed by atoms with Crippen LogP contribution >= 0.6 is 12.4 Å². The molecular formula is C31H30ClF2NO3. The number of fused-ring (bicyclic) bond motifs is 5. The molecule has 1 N–H and O–H groups in total. The van der Waals surface area contributed by atoms with Gasteiger partial charge in [-0.15, -0.1) is 12.4 Å². The van der Waals surface area contributed by atoms with Crippen molar-refractivity contribution in [2.24, 2.45) is 0 Å². The Kier molecular flexibility index (Phi) is 7.84. The molecule has 7 heteroatoms. The van der Waals surface area contributed by atoms with Crippen LogP contribution in [-0.2, 0) is 11.3 Å². The Balaban J connectivity index is 0.00000294. The van der Waals surface area contributed by atoms with Crippen molar-refractivity contribution >= 4 is 23.2 Å². The van der Waals surface area contributed by atoms with Gasteiger partial charge in [-0.2, -0.15) is 0 Å². The van der Waals surface area contributed by atoms with Crippen LogP contribution in [0.5, 0.6) is 11.5 Å². The summed E-state index contributed by atoms with van der Waals surface area (Å²) in [6, 6.07) is 19.6. The molecule has 0 saturated carbocycles. The molecule has 0 bridgehead atoms. The summed E-state index contributed by atoms with van der Waals surface area (Å²) in [5.41, 5.74) is 3.36. The van der Waals surface area contributed by atoms with E-state index in [0.29, 0.717) is 12.2 Å². The van der Waals surface area contributed by atoms with Gasteiger partial charge < -0.3 is 14.6 Å². The summed E-state index contributed by atoms with van der Waals surface area (Å²) < 4.78 is 41.3. The van der Waals surface area contributed by atoms with Gasteiger partial charge in [0.25, 0.3) is 0 Å². The Bertz CT molecular complexity index is 1440. The molecule has 2 aliphatic heterocycles. The smallest absolute Gasteiger partial charge is 0.164 e. The summed E-state index contributed by atoms with van der Waals surface area (Å²) in [6.07, 6.45) is 3.31. The van der Waals surface area contributed by atoms with Gasteiger partial charge in [-0.05, 0) is 83.7 Å². The van der Waals surface area contributed by atoms with E-state index in [9.17, 15) is 13.9 Å². The fourth-order valence-electron chi connectivity index (χ4n) is 5.57. The van der Waals surface area contributed by atoms with Gasteiger partial charge in [0.2, 0.25) is 0 Å². The minimum Gasteiger partial charge on any atom is -0.508 e. The Labute approximate surface area is 227 Å². The number of benzene rings is 4. The lowest BCUT2D eigenvalue weighted by molar-refractivity contribution is 0.0680. The van der Waals surface area contributed by atoms with Crippen molar-refractivity contribution in [2.45, 2.75) is 32.0 Å².